The monoisotopic (exact) mass is 374 g/mol. The van der Waals surface area contributed by atoms with Gasteiger partial charge in [-0.05, 0) is 17.7 Å². The van der Waals surface area contributed by atoms with Crippen LogP contribution >= 0.6 is 0 Å². The minimum Gasteiger partial charge on any atom is -0.438 e. The first-order chi connectivity index (χ1) is 13.6. The first-order valence-corrected chi connectivity index (χ1v) is 8.32. The summed E-state index contributed by atoms with van der Waals surface area (Å²) in [5, 5.41) is 0. The standard InChI is InChI=1S/C20H15FN6O/c21-16-7-12(5-6-14(16)13-9-24-20(23)25-10-13)15-3-1-2-4-17(15)28-19-8-18(22)26-11-27-19/h1-11H,(H2,22,26,27)(H2,23,24,25). The Labute approximate surface area is 159 Å². The van der Waals surface area contributed by atoms with Crippen LogP contribution < -0.4 is 16.2 Å². The number of rotatable bonds is 4. The molecule has 0 aliphatic carbocycles. The normalized spacial score (nSPS) is 10.6. The first kappa shape index (κ1) is 17.3. The number of benzene rings is 2. The average molecular weight is 374 g/mol. The lowest BCUT2D eigenvalue weighted by molar-refractivity contribution is 0.463. The predicted octanol–water partition coefficient (Wildman–Crippen LogP) is 3.70. The van der Waals surface area contributed by atoms with Crippen molar-refractivity contribution < 1.29 is 9.13 Å². The van der Waals surface area contributed by atoms with Crippen LogP contribution in [0.2, 0.25) is 0 Å². The Bertz CT molecular complexity index is 1130. The predicted molar refractivity (Wildman–Crippen MR) is 104 cm³/mol. The molecule has 7 nitrogen and oxygen atoms in total. The zero-order chi connectivity index (χ0) is 19.5. The first-order valence-electron chi connectivity index (χ1n) is 8.32. The number of nitrogens with zero attached hydrogens (tertiary/aromatic N) is 4. The second-order valence-corrected chi connectivity index (χ2v) is 5.90. The highest BCUT2D eigenvalue weighted by Crippen LogP contribution is 2.35. The molecule has 0 atom stereocenters. The second kappa shape index (κ2) is 7.28. The van der Waals surface area contributed by atoms with E-state index in [0.29, 0.717) is 39.7 Å². The number of anilines is 2. The molecule has 0 saturated carbocycles. The van der Waals surface area contributed by atoms with Gasteiger partial charge in [-0.15, -0.1) is 0 Å². The number of hydrogen-bond donors (Lipinski definition) is 2. The lowest BCUT2D eigenvalue weighted by Crippen LogP contribution is -1.96. The van der Waals surface area contributed by atoms with Crippen LogP contribution in [0.25, 0.3) is 22.3 Å². The lowest BCUT2D eigenvalue weighted by Gasteiger charge is -2.12. The number of hydrogen-bond acceptors (Lipinski definition) is 7. The molecular weight excluding hydrogens is 359 g/mol. The molecule has 4 rings (SSSR count). The van der Waals surface area contributed by atoms with Gasteiger partial charge in [0, 0.05) is 35.2 Å². The van der Waals surface area contributed by atoms with Crippen molar-refractivity contribution in [1.82, 2.24) is 19.9 Å². The molecule has 4 N–H and O–H groups in total. The molecule has 0 bridgehead atoms. The van der Waals surface area contributed by atoms with E-state index in [9.17, 15) is 4.39 Å². The van der Waals surface area contributed by atoms with Gasteiger partial charge in [0.15, 0.2) is 0 Å². The molecular formula is C20H15FN6O. The molecule has 4 aromatic rings. The van der Waals surface area contributed by atoms with Crippen LogP contribution in [-0.4, -0.2) is 19.9 Å². The van der Waals surface area contributed by atoms with Crippen molar-refractivity contribution in [2.45, 2.75) is 0 Å². The van der Waals surface area contributed by atoms with E-state index in [1.54, 1.807) is 18.2 Å². The minimum atomic E-state index is -0.410. The maximum absolute atomic E-state index is 14.8. The van der Waals surface area contributed by atoms with Crippen LogP contribution in [0.1, 0.15) is 0 Å². The number of nitrogen functional groups attached to an aromatic ring is 2. The third kappa shape index (κ3) is 3.56. The van der Waals surface area contributed by atoms with Gasteiger partial charge in [0.2, 0.25) is 11.8 Å². The van der Waals surface area contributed by atoms with Gasteiger partial charge in [-0.1, -0.05) is 30.3 Å². The summed E-state index contributed by atoms with van der Waals surface area (Å²) in [6, 6.07) is 13.7. The van der Waals surface area contributed by atoms with Crippen LogP contribution in [-0.2, 0) is 0 Å². The van der Waals surface area contributed by atoms with Crippen molar-refractivity contribution in [3.05, 3.63) is 73.1 Å². The maximum atomic E-state index is 14.8. The molecule has 2 aromatic carbocycles. The Morgan fingerprint density at radius 2 is 1.57 bits per heavy atom. The second-order valence-electron chi connectivity index (χ2n) is 5.90. The fourth-order valence-electron chi connectivity index (χ4n) is 2.71. The lowest BCUT2D eigenvalue weighted by atomic mass is 10.0. The molecule has 138 valence electrons. The van der Waals surface area contributed by atoms with Crippen LogP contribution in [0.4, 0.5) is 16.2 Å². The Morgan fingerprint density at radius 3 is 2.32 bits per heavy atom. The van der Waals surface area contributed by atoms with E-state index >= 15 is 0 Å². The molecule has 0 aliphatic rings. The van der Waals surface area contributed by atoms with E-state index in [1.165, 1.54) is 30.9 Å². The van der Waals surface area contributed by atoms with Gasteiger partial charge in [0.1, 0.15) is 23.7 Å². The van der Waals surface area contributed by atoms with Crippen molar-refractivity contribution in [3.8, 4) is 33.9 Å². The highest BCUT2D eigenvalue weighted by Gasteiger charge is 2.12. The highest BCUT2D eigenvalue weighted by molar-refractivity contribution is 5.74. The van der Waals surface area contributed by atoms with Gasteiger partial charge in [0.25, 0.3) is 0 Å². The fraction of sp³-hybridized carbons (Fsp3) is 0. The molecule has 0 fully saturated rings. The van der Waals surface area contributed by atoms with Crippen LogP contribution in [0, 0.1) is 5.82 Å². The molecule has 2 aromatic heterocycles. The summed E-state index contributed by atoms with van der Waals surface area (Å²) >= 11 is 0. The summed E-state index contributed by atoms with van der Waals surface area (Å²) in [7, 11) is 0. The summed E-state index contributed by atoms with van der Waals surface area (Å²) in [6.07, 6.45) is 4.28. The summed E-state index contributed by atoms with van der Waals surface area (Å²) in [6.45, 7) is 0. The molecule has 0 radical (unpaired) electrons. The van der Waals surface area contributed by atoms with Crippen LogP contribution in [0.3, 0.4) is 0 Å². The molecule has 8 heteroatoms. The molecule has 0 amide bonds. The minimum absolute atomic E-state index is 0.136. The smallest absolute Gasteiger partial charge is 0.224 e. The Hall–Kier alpha value is -4.07. The molecule has 0 spiro atoms. The molecule has 28 heavy (non-hydrogen) atoms. The van der Waals surface area contributed by atoms with E-state index in [0.717, 1.165) is 0 Å². The topological polar surface area (TPSA) is 113 Å². The summed E-state index contributed by atoms with van der Waals surface area (Å²) < 4.78 is 20.6. The third-order valence-electron chi connectivity index (χ3n) is 4.03. The van der Waals surface area contributed by atoms with Crippen molar-refractivity contribution in [3.63, 3.8) is 0 Å². The number of halogens is 1. The summed E-state index contributed by atoms with van der Waals surface area (Å²) in [5.74, 6) is 0.840. The average Bonchev–Trinajstić information content (AvgIpc) is 2.69. The molecule has 0 aliphatic heterocycles. The van der Waals surface area contributed by atoms with Gasteiger partial charge >= 0.3 is 0 Å². The maximum Gasteiger partial charge on any atom is 0.224 e. The largest absolute Gasteiger partial charge is 0.438 e. The quantitative estimate of drug-likeness (QED) is 0.560. The summed E-state index contributed by atoms with van der Waals surface area (Å²) in [5.41, 5.74) is 13.4. The van der Waals surface area contributed by atoms with Gasteiger partial charge in [-0.2, -0.15) is 0 Å². The van der Waals surface area contributed by atoms with E-state index in [4.69, 9.17) is 16.2 Å². The van der Waals surface area contributed by atoms with Crippen LogP contribution in [0.5, 0.6) is 11.6 Å². The fourth-order valence-corrected chi connectivity index (χ4v) is 2.71. The molecule has 0 unspecified atom stereocenters. The van der Waals surface area contributed by atoms with Crippen molar-refractivity contribution in [1.29, 1.82) is 0 Å². The highest BCUT2D eigenvalue weighted by atomic mass is 19.1. The number of nitrogens with two attached hydrogens (primary N) is 2. The van der Waals surface area contributed by atoms with Gasteiger partial charge < -0.3 is 16.2 Å². The number of ether oxygens (including phenoxy) is 1. The summed E-state index contributed by atoms with van der Waals surface area (Å²) in [4.78, 5) is 15.7. The Kier molecular flexibility index (Phi) is 4.51. The van der Waals surface area contributed by atoms with E-state index < -0.39 is 5.82 Å². The number of para-hydroxylation sites is 1. The van der Waals surface area contributed by atoms with Crippen LogP contribution in [0.15, 0.2) is 67.3 Å². The van der Waals surface area contributed by atoms with Crippen molar-refractivity contribution in [2.24, 2.45) is 0 Å². The zero-order valence-corrected chi connectivity index (χ0v) is 14.6. The van der Waals surface area contributed by atoms with Gasteiger partial charge in [-0.25, -0.2) is 24.3 Å². The van der Waals surface area contributed by atoms with E-state index in [1.807, 2.05) is 18.2 Å². The Morgan fingerprint density at radius 1 is 0.786 bits per heavy atom. The van der Waals surface area contributed by atoms with E-state index in [2.05, 4.69) is 19.9 Å². The SMILES string of the molecule is Nc1cc(Oc2ccccc2-c2ccc(-c3cnc(N)nc3)c(F)c2)ncn1. The van der Waals surface area contributed by atoms with Crippen molar-refractivity contribution >= 4 is 11.8 Å². The zero-order valence-electron chi connectivity index (χ0n) is 14.6. The van der Waals surface area contributed by atoms with E-state index in [-0.39, 0.29) is 5.95 Å². The molecule has 2 heterocycles. The number of aromatic nitrogens is 4. The Balaban J connectivity index is 1.70. The molecule has 0 saturated heterocycles. The van der Waals surface area contributed by atoms with Crippen molar-refractivity contribution in [2.75, 3.05) is 11.5 Å². The van der Waals surface area contributed by atoms with Gasteiger partial charge in [-0.3, -0.25) is 0 Å². The third-order valence-corrected chi connectivity index (χ3v) is 4.03. The van der Waals surface area contributed by atoms with Gasteiger partial charge in [0.05, 0.1) is 0 Å².